The van der Waals surface area contributed by atoms with E-state index in [1.54, 1.807) is 0 Å². The predicted molar refractivity (Wildman–Crippen MR) is 85.6 cm³/mol. The van der Waals surface area contributed by atoms with Crippen molar-refractivity contribution in [3.63, 3.8) is 0 Å². The van der Waals surface area contributed by atoms with Gasteiger partial charge in [-0.1, -0.05) is 52.3 Å². The molecule has 0 fully saturated rings. The number of halogens is 1. The largest absolute Gasteiger partial charge is 0.0690 e. The SMILES string of the molecule is CC1=CC(c2cccc(C)c2C)c2cccc(Br)c21. The number of fused-ring (bicyclic) bond motifs is 1. The van der Waals surface area contributed by atoms with E-state index in [-0.39, 0.29) is 0 Å². The lowest BCUT2D eigenvalue weighted by atomic mass is 9.88. The zero-order valence-corrected chi connectivity index (χ0v) is 13.1. The van der Waals surface area contributed by atoms with Gasteiger partial charge < -0.3 is 0 Å². The quantitative estimate of drug-likeness (QED) is 0.641. The molecule has 0 bridgehead atoms. The highest BCUT2D eigenvalue weighted by atomic mass is 79.9. The van der Waals surface area contributed by atoms with E-state index in [0.29, 0.717) is 5.92 Å². The molecule has 19 heavy (non-hydrogen) atoms. The minimum Gasteiger partial charge on any atom is -0.0690 e. The molecule has 0 saturated heterocycles. The fourth-order valence-corrected chi connectivity index (χ4v) is 3.70. The number of hydrogen-bond acceptors (Lipinski definition) is 0. The van der Waals surface area contributed by atoms with E-state index in [9.17, 15) is 0 Å². The molecule has 2 aromatic rings. The van der Waals surface area contributed by atoms with E-state index in [1.165, 1.54) is 37.9 Å². The molecule has 0 nitrogen and oxygen atoms in total. The van der Waals surface area contributed by atoms with Crippen molar-refractivity contribution in [3.8, 4) is 0 Å². The Morgan fingerprint density at radius 3 is 2.37 bits per heavy atom. The molecule has 1 atom stereocenters. The van der Waals surface area contributed by atoms with Crippen molar-refractivity contribution in [1.82, 2.24) is 0 Å². The van der Waals surface area contributed by atoms with E-state index in [0.717, 1.165) is 0 Å². The van der Waals surface area contributed by atoms with Gasteiger partial charge in [-0.3, -0.25) is 0 Å². The van der Waals surface area contributed by atoms with Gasteiger partial charge in [0.2, 0.25) is 0 Å². The van der Waals surface area contributed by atoms with E-state index in [4.69, 9.17) is 0 Å². The normalized spacial score (nSPS) is 17.3. The summed E-state index contributed by atoms with van der Waals surface area (Å²) in [7, 11) is 0. The van der Waals surface area contributed by atoms with Crippen LogP contribution in [0.4, 0.5) is 0 Å². The molecule has 0 saturated carbocycles. The summed E-state index contributed by atoms with van der Waals surface area (Å²) >= 11 is 3.68. The van der Waals surface area contributed by atoms with Gasteiger partial charge in [0.05, 0.1) is 0 Å². The molecule has 3 rings (SSSR count). The van der Waals surface area contributed by atoms with Gasteiger partial charge in [0.25, 0.3) is 0 Å². The van der Waals surface area contributed by atoms with Crippen LogP contribution in [0.15, 0.2) is 46.9 Å². The summed E-state index contributed by atoms with van der Waals surface area (Å²) in [5.74, 6) is 0.396. The lowest BCUT2D eigenvalue weighted by Crippen LogP contribution is -2.00. The Morgan fingerprint density at radius 2 is 1.58 bits per heavy atom. The van der Waals surface area contributed by atoms with Gasteiger partial charge in [0, 0.05) is 10.4 Å². The number of hydrogen-bond donors (Lipinski definition) is 0. The van der Waals surface area contributed by atoms with Crippen LogP contribution in [0.5, 0.6) is 0 Å². The van der Waals surface area contributed by atoms with Crippen LogP contribution in [0, 0.1) is 13.8 Å². The first-order valence-corrected chi connectivity index (χ1v) is 7.42. The first-order valence-electron chi connectivity index (χ1n) is 6.63. The van der Waals surface area contributed by atoms with E-state index >= 15 is 0 Å². The Hall–Kier alpha value is -1.34. The van der Waals surface area contributed by atoms with Crippen molar-refractivity contribution >= 4 is 21.5 Å². The maximum atomic E-state index is 3.68. The average molecular weight is 313 g/mol. The zero-order chi connectivity index (χ0) is 13.6. The molecule has 0 radical (unpaired) electrons. The van der Waals surface area contributed by atoms with Gasteiger partial charge in [-0.15, -0.1) is 0 Å². The molecule has 96 valence electrons. The highest BCUT2D eigenvalue weighted by Gasteiger charge is 2.25. The van der Waals surface area contributed by atoms with Crippen LogP contribution < -0.4 is 0 Å². The smallest absolute Gasteiger partial charge is 0.0284 e. The van der Waals surface area contributed by atoms with Crippen LogP contribution >= 0.6 is 15.9 Å². The molecule has 0 aromatic heterocycles. The Bertz CT molecular complexity index is 680. The maximum absolute atomic E-state index is 3.68. The standard InChI is InChI=1S/C18H17Br/c1-11-6-4-7-14(13(11)3)16-10-12(2)18-15(16)8-5-9-17(18)19/h4-10,16H,1-3H3. The third-order valence-corrected chi connectivity index (χ3v) is 4.83. The molecular formula is C18H17Br. The lowest BCUT2D eigenvalue weighted by molar-refractivity contribution is 1.02. The van der Waals surface area contributed by atoms with E-state index in [1.807, 2.05) is 0 Å². The Kier molecular flexibility index (Phi) is 3.10. The maximum Gasteiger partial charge on any atom is 0.0284 e. The summed E-state index contributed by atoms with van der Waals surface area (Å²) < 4.78 is 1.20. The summed E-state index contributed by atoms with van der Waals surface area (Å²) in [6, 6.07) is 13.1. The molecule has 0 N–H and O–H groups in total. The minimum absolute atomic E-state index is 0.396. The van der Waals surface area contributed by atoms with Crippen molar-refractivity contribution < 1.29 is 0 Å². The van der Waals surface area contributed by atoms with Crippen LogP contribution in [0.25, 0.3) is 5.57 Å². The summed E-state index contributed by atoms with van der Waals surface area (Å²) in [5.41, 5.74) is 8.36. The second-order valence-electron chi connectivity index (χ2n) is 5.32. The average Bonchev–Trinajstić information content (AvgIpc) is 2.72. The van der Waals surface area contributed by atoms with Gasteiger partial charge in [-0.05, 0) is 60.2 Å². The molecule has 2 aromatic carbocycles. The summed E-state index contributed by atoms with van der Waals surface area (Å²) in [6.07, 6.45) is 2.39. The zero-order valence-electron chi connectivity index (χ0n) is 11.5. The van der Waals surface area contributed by atoms with Gasteiger partial charge in [-0.25, -0.2) is 0 Å². The van der Waals surface area contributed by atoms with Crippen LogP contribution in [0.2, 0.25) is 0 Å². The van der Waals surface area contributed by atoms with Crippen molar-refractivity contribution in [2.24, 2.45) is 0 Å². The monoisotopic (exact) mass is 312 g/mol. The molecule has 1 aliphatic carbocycles. The number of benzene rings is 2. The fraction of sp³-hybridized carbons (Fsp3) is 0.222. The molecule has 0 aliphatic heterocycles. The minimum atomic E-state index is 0.396. The summed E-state index contributed by atoms with van der Waals surface area (Å²) in [4.78, 5) is 0. The van der Waals surface area contributed by atoms with Gasteiger partial charge >= 0.3 is 0 Å². The number of allylic oxidation sites excluding steroid dienone is 2. The van der Waals surface area contributed by atoms with Gasteiger partial charge in [0.15, 0.2) is 0 Å². The van der Waals surface area contributed by atoms with Crippen molar-refractivity contribution in [3.05, 3.63) is 74.8 Å². The van der Waals surface area contributed by atoms with Crippen molar-refractivity contribution in [2.75, 3.05) is 0 Å². The Labute approximate surface area is 123 Å². The van der Waals surface area contributed by atoms with Gasteiger partial charge in [0.1, 0.15) is 0 Å². The molecular weight excluding hydrogens is 296 g/mol. The lowest BCUT2D eigenvalue weighted by Gasteiger charge is -2.16. The first-order chi connectivity index (χ1) is 9.09. The third-order valence-electron chi connectivity index (χ3n) is 4.17. The molecule has 0 heterocycles. The third kappa shape index (κ3) is 1.97. The number of aryl methyl sites for hydroxylation is 1. The fourth-order valence-electron chi connectivity index (χ4n) is 3.01. The van der Waals surface area contributed by atoms with Crippen molar-refractivity contribution in [1.29, 1.82) is 0 Å². The van der Waals surface area contributed by atoms with E-state index in [2.05, 4.69) is 79.2 Å². The predicted octanol–water partition coefficient (Wildman–Crippen LogP) is 5.61. The van der Waals surface area contributed by atoms with Crippen LogP contribution in [0.1, 0.15) is 40.7 Å². The van der Waals surface area contributed by atoms with E-state index < -0.39 is 0 Å². The first kappa shape index (κ1) is 12.7. The van der Waals surface area contributed by atoms with Crippen LogP contribution in [-0.2, 0) is 0 Å². The van der Waals surface area contributed by atoms with Gasteiger partial charge in [-0.2, -0.15) is 0 Å². The molecule has 1 heteroatoms. The second kappa shape index (κ2) is 4.64. The molecule has 1 aliphatic rings. The Balaban J connectivity index is 2.21. The second-order valence-corrected chi connectivity index (χ2v) is 6.17. The molecule has 1 unspecified atom stereocenters. The molecule has 0 amide bonds. The van der Waals surface area contributed by atoms with Crippen LogP contribution in [-0.4, -0.2) is 0 Å². The summed E-state index contributed by atoms with van der Waals surface area (Å²) in [6.45, 7) is 6.62. The highest BCUT2D eigenvalue weighted by Crippen LogP contribution is 2.43. The summed E-state index contributed by atoms with van der Waals surface area (Å²) in [5, 5.41) is 0. The number of rotatable bonds is 1. The van der Waals surface area contributed by atoms with Crippen molar-refractivity contribution in [2.45, 2.75) is 26.7 Å². The van der Waals surface area contributed by atoms with Crippen LogP contribution in [0.3, 0.4) is 0 Å². The topological polar surface area (TPSA) is 0 Å². The Morgan fingerprint density at radius 1 is 0.895 bits per heavy atom. The molecule has 0 spiro atoms. The highest BCUT2D eigenvalue weighted by molar-refractivity contribution is 9.10.